The zero-order valence-corrected chi connectivity index (χ0v) is 7.90. The first-order chi connectivity index (χ1) is 6.38. The molecule has 1 aliphatic heterocycles. The molecule has 1 aromatic rings. The Morgan fingerprint density at radius 3 is 3.15 bits per heavy atom. The lowest BCUT2D eigenvalue weighted by Crippen LogP contribution is -2.44. The van der Waals surface area contributed by atoms with Crippen LogP contribution < -0.4 is 5.32 Å². The van der Waals surface area contributed by atoms with Gasteiger partial charge in [0.2, 0.25) is 0 Å². The van der Waals surface area contributed by atoms with Crippen molar-refractivity contribution in [3.63, 3.8) is 0 Å². The number of aromatic nitrogens is 1. The molecule has 70 valence electrons. The molecule has 0 unspecified atom stereocenters. The van der Waals surface area contributed by atoms with Gasteiger partial charge in [-0.1, -0.05) is 6.07 Å². The van der Waals surface area contributed by atoms with Crippen LogP contribution in [-0.2, 0) is 0 Å². The molecule has 3 heteroatoms. The van der Waals surface area contributed by atoms with Crippen LogP contribution in [0.2, 0.25) is 0 Å². The minimum absolute atomic E-state index is 0.440. The van der Waals surface area contributed by atoms with Crippen LogP contribution in [0.3, 0.4) is 0 Å². The molecule has 0 aromatic carbocycles. The Kier molecular flexibility index (Phi) is 2.57. The molecule has 1 fully saturated rings. The second-order valence-corrected chi connectivity index (χ2v) is 3.46. The maximum Gasteiger partial charge on any atom is 0.0644 e. The Labute approximate surface area is 78.8 Å². The summed E-state index contributed by atoms with van der Waals surface area (Å²) in [5.41, 5.74) is 1.16. The molecule has 0 bridgehead atoms. The summed E-state index contributed by atoms with van der Waals surface area (Å²) in [6.45, 7) is 3.19. The van der Waals surface area contributed by atoms with Gasteiger partial charge in [0.05, 0.1) is 11.7 Å². The van der Waals surface area contributed by atoms with Crippen molar-refractivity contribution in [2.45, 2.75) is 6.04 Å². The van der Waals surface area contributed by atoms with Gasteiger partial charge in [-0.2, -0.15) is 0 Å². The fraction of sp³-hybridized carbons (Fsp3) is 0.500. The van der Waals surface area contributed by atoms with E-state index in [9.17, 15) is 0 Å². The van der Waals surface area contributed by atoms with E-state index in [0.29, 0.717) is 6.04 Å². The van der Waals surface area contributed by atoms with E-state index in [1.165, 1.54) is 0 Å². The molecule has 0 spiro atoms. The summed E-state index contributed by atoms with van der Waals surface area (Å²) >= 11 is 0. The van der Waals surface area contributed by atoms with E-state index < -0.39 is 0 Å². The van der Waals surface area contributed by atoms with Crippen LogP contribution in [0.5, 0.6) is 0 Å². The molecule has 13 heavy (non-hydrogen) atoms. The molecule has 1 atom stereocenters. The predicted molar refractivity (Wildman–Crippen MR) is 52.5 cm³/mol. The number of pyridine rings is 1. The topological polar surface area (TPSA) is 28.2 Å². The molecule has 0 aliphatic carbocycles. The average molecular weight is 177 g/mol. The van der Waals surface area contributed by atoms with Gasteiger partial charge in [0, 0.05) is 25.8 Å². The molecule has 1 saturated heterocycles. The van der Waals surface area contributed by atoms with Crippen LogP contribution >= 0.6 is 0 Å². The first-order valence-electron chi connectivity index (χ1n) is 4.70. The normalized spacial score (nSPS) is 24.5. The quantitative estimate of drug-likeness (QED) is 0.683. The smallest absolute Gasteiger partial charge is 0.0644 e. The molecular formula is C10H15N3. The summed E-state index contributed by atoms with van der Waals surface area (Å²) in [7, 11) is 2.15. The van der Waals surface area contributed by atoms with Crippen molar-refractivity contribution in [3.05, 3.63) is 30.1 Å². The second-order valence-electron chi connectivity index (χ2n) is 3.46. The van der Waals surface area contributed by atoms with E-state index in [1.807, 2.05) is 18.3 Å². The summed E-state index contributed by atoms with van der Waals surface area (Å²) in [6.07, 6.45) is 1.86. The minimum atomic E-state index is 0.440. The first-order valence-corrected chi connectivity index (χ1v) is 4.70. The van der Waals surface area contributed by atoms with E-state index >= 15 is 0 Å². The van der Waals surface area contributed by atoms with Gasteiger partial charge in [0.25, 0.3) is 0 Å². The molecule has 0 radical (unpaired) electrons. The highest BCUT2D eigenvalue weighted by atomic mass is 15.2. The monoisotopic (exact) mass is 177 g/mol. The highest BCUT2D eigenvalue weighted by Gasteiger charge is 2.20. The molecular weight excluding hydrogens is 162 g/mol. The number of hydrogen-bond acceptors (Lipinski definition) is 3. The lowest BCUT2D eigenvalue weighted by molar-refractivity contribution is 0.198. The molecule has 2 rings (SSSR count). The average Bonchev–Trinajstić information content (AvgIpc) is 2.20. The highest BCUT2D eigenvalue weighted by molar-refractivity contribution is 5.10. The van der Waals surface area contributed by atoms with Crippen LogP contribution in [-0.4, -0.2) is 36.6 Å². The maximum absolute atomic E-state index is 4.37. The highest BCUT2D eigenvalue weighted by Crippen LogP contribution is 2.17. The van der Waals surface area contributed by atoms with E-state index in [2.05, 4.69) is 28.3 Å². The van der Waals surface area contributed by atoms with Gasteiger partial charge in [-0.3, -0.25) is 9.88 Å². The largest absolute Gasteiger partial charge is 0.313 e. The van der Waals surface area contributed by atoms with E-state index in [1.54, 1.807) is 0 Å². The van der Waals surface area contributed by atoms with Crippen molar-refractivity contribution < 1.29 is 0 Å². The van der Waals surface area contributed by atoms with Gasteiger partial charge < -0.3 is 5.32 Å². The number of rotatable bonds is 1. The Balaban J connectivity index is 2.15. The number of piperazine rings is 1. The van der Waals surface area contributed by atoms with Crippen LogP contribution in [0.4, 0.5) is 0 Å². The number of nitrogens with zero attached hydrogens (tertiary/aromatic N) is 2. The fourth-order valence-electron chi connectivity index (χ4n) is 1.71. The van der Waals surface area contributed by atoms with Crippen LogP contribution in [0.25, 0.3) is 0 Å². The molecule has 1 N–H and O–H groups in total. The van der Waals surface area contributed by atoms with Crippen molar-refractivity contribution in [2.24, 2.45) is 0 Å². The lowest BCUT2D eigenvalue weighted by Gasteiger charge is -2.32. The molecule has 1 aromatic heterocycles. The van der Waals surface area contributed by atoms with Crippen molar-refractivity contribution in [1.29, 1.82) is 0 Å². The Morgan fingerprint density at radius 1 is 1.54 bits per heavy atom. The van der Waals surface area contributed by atoms with E-state index in [0.717, 1.165) is 25.3 Å². The van der Waals surface area contributed by atoms with Crippen molar-refractivity contribution >= 4 is 0 Å². The number of likely N-dealkylation sites (N-methyl/N-ethyl adjacent to an activating group) is 1. The van der Waals surface area contributed by atoms with E-state index in [4.69, 9.17) is 0 Å². The molecule has 1 aliphatic rings. The molecule has 0 saturated carbocycles. The van der Waals surface area contributed by atoms with Crippen molar-refractivity contribution in [2.75, 3.05) is 26.7 Å². The SMILES string of the molecule is CN1CCNC[C@@H]1c1ccccn1. The van der Waals surface area contributed by atoms with E-state index in [-0.39, 0.29) is 0 Å². The number of nitrogens with one attached hydrogen (secondary N) is 1. The van der Waals surface area contributed by atoms with Crippen LogP contribution in [0, 0.1) is 0 Å². The summed E-state index contributed by atoms with van der Waals surface area (Å²) in [6, 6.07) is 6.54. The Hall–Kier alpha value is -0.930. The zero-order chi connectivity index (χ0) is 9.10. The summed E-state index contributed by atoms with van der Waals surface area (Å²) in [5.74, 6) is 0. The van der Waals surface area contributed by atoms with Crippen LogP contribution in [0.1, 0.15) is 11.7 Å². The summed E-state index contributed by atoms with van der Waals surface area (Å²) in [4.78, 5) is 6.72. The van der Waals surface area contributed by atoms with Crippen molar-refractivity contribution in [1.82, 2.24) is 15.2 Å². The lowest BCUT2D eigenvalue weighted by atomic mass is 10.1. The summed E-state index contributed by atoms with van der Waals surface area (Å²) < 4.78 is 0. The minimum Gasteiger partial charge on any atom is -0.313 e. The van der Waals surface area contributed by atoms with Gasteiger partial charge in [-0.15, -0.1) is 0 Å². The second kappa shape index (κ2) is 3.85. The van der Waals surface area contributed by atoms with Gasteiger partial charge >= 0.3 is 0 Å². The fourth-order valence-corrected chi connectivity index (χ4v) is 1.71. The van der Waals surface area contributed by atoms with Gasteiger partial charge in [-0.05, 0) is 19.2 Å². The summed E-state index contributed by atoms with van der Waals surface area (Å²) in [5, 5.41) is 3.38. The molecule has 2 heterocycles. The van der Waals surface area contributed by atoms with Gasteiger partial charge in [0.15, 0.2) is 0 Å². The van der Waals surface area contributed by atoms with Gasteiger partial charge in [0.1, 0.15) is 0 Å². The zero-order valence-electron chi connectivity index (χ0n) is 7.90. The predicted octanol–water partition coefficient (Wildman–Crippen LogP) is 0.658. The van der Waals surface area contributed by atoms with Crippen LogP contribution in [0.15, 0.2) is 24.4 Å². The Morgan fingerprint density at radius 2 is 2.46 bits per heavy atom. The third-order valence-electron chi connectivity index (χ3n) is 2.54. The third-order valence-corrected chi connectivity index (χ3v) is 2.54. The number of hydrogen-bond donors (Lipinski definition) is 1. The Bertz CT molecular complexity index is 260. The molecule has 0 amide bonds. The third kappa shape index (κ3) is 1.87. The standard InChI is InChI=1S/C10H15N3/c1-13-7-6-11-8-10(13)9-4-2-3-5-12-9/h2-5,10-11H,6-8H2,1H3/t10-/m1/s1. The molecule has 3 nitrogen and oxygen atoms in total. The first kappa shape index (κ1) is 8.66. The van der Waals surface area contributed by atoms with Crippen molar-refractivity contribution in [3.8, 4) is 0 Å². The maximum atomic E-state index is 4.37. The van der Waals surface area contributed by atoms with Gasteiger partial charge in [-0.25, -0.2) is 0 Å².